The van der Waals surface area contributed by atoms with Crippen LogP contribution in [0.4, 0.5) is 9.18 Å². The smallest absolute Gasteiger partial charge is 0.410 e. The van der Waals surface area contributed by atoms with Crippen LogP contribution < -0.4 is 4.74 Å². The molecule has 2 bridgehead atoms. The number of hydrogen-bond donors (Lipinski definition) is 0. The fourth-order valence-electron chi connectivity index (χ4n) is 3.97. The van der Waals surface area contributed by atoms with Gasteiger partial charge in [0.15, 0.2) is 0 Å². The molecule has 3 rings (SSSR count). The Kier molecular flexibility index (Phi) is 5.82. The zero-order valence-electron chi connectivity index (χ0n) is 16.9. The number of carbonyl (C=O) groups excluding carboxylic acids is 2. The van der Waals surface area contributed by atoms with Crippen molar-refractivity contribution < 1.29 is 28.2 Å². The number of carbonyl (C=O) groups is 2. The Bertz CT molecular complexity index is 731. The maximum absolute atomic E-state index is 13.9. The molecule has 6 nitrogen and oxygen atoms in total. The van der Waals surface area contributed by atoms with Crippen molar-refractivity contribution in [1.82, 2.24) is 4.90 Å². The lowest BCUT2D eigenvalue weighted by Crippen LogP contribution is -2.50. The standard InChI is InChI=1S/C21H28FNO5/c1-5-26-19(24)17-12-15(8-9-18(17)22)27-16-10-13-6-7-14(11-16)23(13)20(25)28-21(2,3)4/h8-9,12-14,16H,5-7,10-11H2,1-4H3/t13-,14+,16+. The van der Waals surface area contributed by atoms with E-state index < -0.39 is 17.4 Å². The van der Waals surface area contributed by atoms with Gasteiger partial charge in [-0.2, -0.15) is 0 Å². The summed E-state index contributed by atoms with van der Waals surface area (Å²) in [5, 5.41) is 0. The average Bonchev–Trinajstić information content (AvgIpc) is 2.87. The molecule has 2 heterocycles. The van der Waals surface area contributed by atoms with Crippen molar-refractivity contribution in [2.75, 3.05) is 6.61 Å². The van der Waals surface area contributed by atoms with E-state index in [0.717, 1.165) is 12.8 Å². The Morgan fingerprint density at radius 1 is 1.18 bits per heavy atom. The Balaban J connectivity index is 1.66. The third kappa shape index (κ3) is 4.56. The lowest BCUT2D eigenvalue weighted by atomic mass is 10.00. The molecule has 0 aromatic heterocycles. The van der Waals surface area contributed by atoms with Crippen LogP contribution in [0.1, 0.15) is 63.7 Å². The fraction of sp³-hybridized carbons (Fsp3) is 0.619. The van der Waals surface area contributed by atoms with Gasteiger partial charge in [-0.3, -0.25) is 0 Å². The summed E-state index contributed by atoms with van der Waals surface area (Å²) in [5.41, 5.74) is -0.657. The minimum Gasteiger partial charge on any atom is -0.490 e. The largest absolute Gasteiger partial charge is 0.490 e. The highest BCUT2D eigenvalue weighted by molar-refractivity contribution is 5.90. The SMILES string of the molecule is CCOC(=O)c1cc(O[C@H]2C[C@H]3CC[C@@H](C2)N3C(=O)OC(C)(C)C)ccc1F. The van der Waals surface area contributed by atoms with Gasteiger partial charge in [-0.1, -0.05) is 0 Å². The van der Waals surface area contributed by atoms with E-state index in [9.17, 15) is 14.0 Å². The molecule has 0 saturated carbocycles. The van der Waals surface area contributed by atoms with E-state index >= 15 is 0 Å². The average molecular weight is 393 g/mol. The number of amides is 1. The molecule has 7 heteroatoms. The van der Waals surface area contributed by atoms with Crippen molar-refractivity contribution in [2.24, 2.45) is 0 Å². The molecular weight excluding hydrogens is 365 g/mol. The van der Waals surface area contributed by atoms with Gasteiger partial charge in [-0.25, -0.2) is 14.0 Å². The van der Waals surface area contributed by atoms with Crippen molar-refractivity contribution in [2.45, 2.75) is 77.2 Å². The maximum Gasteiger partial charge on any atom is 0.410 e. The van der Waals surface area contributed by atoms with Crippen molar-refractivity contribution in [3.63, 3.8) is 0 Å². The van der Waals surface area contributed by atoms with E-state index in [1.807, 2.05) is 25.7 Å². The highest BCUT2D eigenvalue weighted by atomic mass is 19.1. The molecular formula is C21H28FNO5. The van der Waals surface area contributed by atoms with Crippen molar-refractivity contribution in [3.8, 4) is 5.75 Å². The molecule has 154 valence electrons. The van der Waals surface area contributed by atoms with Crippen LogP contribution in [0.3, 0.4) is 0 Å². The molecule has 2 fully saturated rings. The van der Waals surface area contributed by atoms with Gasteiger partial charge in [0.2, 0.25) is 0 Å². The van der Waals surface area contributed by atoms with Crippen LogP contribution in [0, 0.1) is 5.82 Å². The normalized spacial score (nSPS) is 24.0. The first-order chi connectivity index (χ1) is 13.2. The predicted molar refractivity (Wildman–Crippen MR) is 101 cm³/mol. The maximum atomic E-state index is 13.9. The molecule has 1 amide bonds. The Morgan fingerprint density at radius 2 is 1.82 bits per heavy atom. The molecule has 1 aromatic rings. The van der Waals surface area contributed by atoms with Gasteiger partial charge in [0.1, 0.15) is 23.3 Å². The van der Waals surface area contributed by atoms with Crippen LogP contribution in [0.15, 0.2) is 18.2 Å². The van der Waals surface area contributed by atoms with Gasteiger partial charge in [-0.05, 0) is 58.7 Å². The van der Waals surface area contributed by atoms with E-state index in [2.05, 4.69) is 0 Å². The van der Waals surface area contributed by atoms with Gasteiger partial charge in [0.05, 0.1) is 12.2 Å². The minimum atomic E-state index is -0.703. The second kappa shape index (κ2) is 7.97. The lowest BCUT2D eigenvalue weighted by molar-refractivity contribution is -0.00715. The molecule has 2 saturated heterocycles. The quantitative estimate of drug-likeness (QED) is 0.713. The van der Waals surface area contributed by atoms with E-state index in [1.54, 1.807) is 6.92 Å². The molecule has 0 aliphatic carbocycles. The molecule has 1 aromatic carbocycles. The summed E-state index contributed by atoms with van der Waals surface area (Å²) >= 11 is 0. The summed E-state index contributed by atoms with van der Waals surface area (Å²) < 4.78 is 30.4. The molecule has 0 spiro atoms. The van der Waals surface area contributed by atoms with Gasteiger partial charge >= 0.3 is 12.1 Å². The number of piperidine rings is 1. The van der Waals surface area contributed by atoms with E-state index in [-0.39, 0.29) is 36.5 Å². The third-order valence-electron chi connectivity index (χ3n) is 5.03. The Morgan fingerprint density at radius 3 is 2.39 bits per heavy atom. The zero-order valence-corrected chi connectivity index (χ0v) is 16.9. The number of esters is 1. The number of hydrogen-bond acceptors (Lipinski definition) is 5. The summed E-state index contributed by atoms with van der Waals surface area (Å²) in [5.74, 6) is -0.907. The molecule has 2 aliphatic rings. The van der Waals surface area contributed by atoms with Gasteiger partial charge in [0, 0.05) is 24.9 Å². The van der Waals surface area contributed by atoms with Crippen LogP contribution in [0.25, 0.3) is 0 Å². The topological polar surface area (TPSA) is 65.1 Å². The number of ether oxygens (including phenoxy) is 3. The summed E-state index contributed by atoms with van der Waals surface area (Å²) in [6, 6.07) is 4.26. The number of benzene rings is 1. The lowest BCUT2D eigenvalue weighted by Gasteiger charge is -2.39. The van der Waals surface area contributed by atoms with Gasteiger partial charge in [-0.15, -0.1) is 0 Å². The van der Waals surface area contributed by atoms with Crippen molar-refractivity contribution in [3.05, 3.63) is 29.6 Å². The highest BCUT2D eigenvalue weighted by Gasteiger charge is 2.45. The van der Waals surface area contributed by atoms with Crippen LogP contribution in [0.2, 0.25) is 0 Å². The minimum absolute atomic E-state index is 0.0728. The Labute approximate surface area is 164 Å². The van der Waals surface area contributed by atoms with E-state index in [1.165, 1.54) is 18.2 Å². The molecule has 0 N–H and O–H groups in total. The summed E-state index contributed by atoms with van der Waals surface area (Å²) in [6.45, 7) is 7.43. The fourth-order valence-corrected chi connectivity index (χ4v) is 3.97. The predicted octanol–water partition coefficient (Wildman–Crippen LogP) is 4.31. The van der Waals surface area contributed by atoms with E-state index in [4.69, 9.17) is 14.2 Å². The Hall–Kier alpha value is -2.31. The monoisotopic (exact) mass is 393 g/mol. The summed E-state index contributed by atoms with van der Waals surface area (Å²) in [6.07, 6.45) is 2.83. The number of halogens is 1. The molecule has 0 radical (unpaired) electrons. The van der Waals surface area contributed by atoms with Crippen molar-refractivity contribution in [1.29, 1.82) is 0 Å². The second-order valence-electron chi connectivity index (χ2n) is 8.35. The summed E-state index contributed by atoms with van der Waals surface area (Å²) in [4.78, 5) is 26.3. The van der Waals surface area contributed by atoms with Crippen LogP contribution in [0.5, 0.6) is 5.75 Å². The number of fused-ring (bicyclic) bond motifs is 2. The highest BCUT2D eigenvalue weighted by Crippen LogP contribution is 2.38. The number of nitrogens with zero attached hydrogens (tertiary/aromatic N) is 1. The van der Waals surface area contributed by atoms with Crippen molar-refractivity contribution >= 4 is 12.1 Å². The van der Waals surface area contributed by atoms with Gasteiger partial charge in [0.25, 0.3) is 0 Å². The van der Waals surface area contributed by atoms with E-state index in [0.29, 0.717) is 18.6 Å². The first-order valence-electron chi connectivity index (χ1n) is 9.82. The summed E-state index contributed by atoms with van der Waals surface area (Å²) in [7, 11) is 0. The molecule has 2 aliphatic heterocycles. The first-order valence-corrected chi connectivity index (χ1v) is 9.82. The molecule has 0 unspecified atom stereocenters. The first kappa shape index (κ1) is 20.4. The third-order valence-corrected chi connectivity index (χ3v) is 5.03. The molecule has 3 atom stereocenters. The molecule has 28 heavy (non-hydrogen) atoms. The second-order valence-corrected chi connectivity index (χ2v) is 8.35. The van der Waals surface area contributed by atoms with Gasteiger partial charge < -0.3 is 19.1 Å². The van der Waals surface area contributed by atoms with Crippen LogP contribution >= 0.6 is 0 Å². The van der Waals surface area contributed by atoms with Crippen LogP contribution in [-0.4, -0.2) is 47.4 Å². The zero-order chi connectivity index (χ0) is 20.5. The number of rotatable bonds is 4. The van der Waals surface area contributed by atoms with Crippen LogP contribution in [-0.2, 0) is 9.47 Å².